The van der Waals surface area contributed by atoms with E-state index in [9.17, 15) is 8.78 Å². The molecule has 0 radical (unpaired) electrons. The van der Waals surface area contributed by atoms with Crippen LogP contribution in [-0.4, -0.2) is 0 Å². The van der Waals surface area contributed by atoms with Gasteiger partial charge in [0.2, 0.25) is 0 Å². The van der Waals surface area contributed by atoms with E-state index in [-0.39, 0.29) is 6.61 Å². The second-order valence-electron chi connectivity index (χ2n) is 3.85. The first-order chi connectivity index (χ1) is 8.67. The van der Waals surface area contributed by atoms with Gasteiger partial charge >= 0.3 is 0 Å². The van der Waals surface area contributed by atoms with Gasteiger partial charge in [-0.2, -0.15) is 0 Å². The standard InChI is InChI=1S/C14H11ClF2O/c15-8-10-2-1-3-14(6-10)18-9-11-4-12(16)7-13(17)5-11/h1-7H,8-9H2. The monoisotopic (exact) mass is 268 g/mol. The van der Waals surface area contributed by atoms with Crippen molar-refractivity contribution in [3.63, 3.8) is 0 Å². The molecule has 2 aromatic carbocycles. The van der Waals surface area contributed by atoms with Crippen molar-refractivity contribution in [1.82, 2.24) is 0 Å². The molecule has 0 N–H and O–H groups in total. The van der Waals surface area contributed by atoms with Crippen LogP contribution in [0.25, 0.3) is 0 Å². The first-order valence-corrected chi connectivity index (χ1v) is 5.93. The van der Waals surface area contributed by atoms with Crippen molar-refractivity contribution in [1.29, 1.82) is 0 Å². The first-order valence-electron chi connectivity index (χ1n) is 5.40. The molecular weight excluding hydrogens is 258 g/mol. The molecule has 0 saturated carbocycles. The lowest BCUT2D eigenvalue weighted by Crippen LogP contribution is -1.97. The molecule has 4 heteroatoms. The molecule has 0 amide bonds. The quantitative estimate of drug-likeness (QED) is 0.752. The van der Waals surface area contributed by atoms with E-state index in [0.717, 1.165) is 11.6 Å². The fourth-order valence-corrected chi connectivity index (χ4v) is 1.75. The molecule has 94 valence electrons. The second kappa shape index (κ2) is 5.83. The molecule has 0 spiro atoms. The van der Waals surface area contributed by atoms with Crippen LogP contribution in [0.2, 0.25) is 0 Å². The van der Waals surface area contributed by atoms with E-state index in [1.165, 1.54) is 12.1 Å². The number of hydrogen-bond acceptors (Lipinski definition) is 1. The molecule has 0 aliphatic heterocycles. The van der Waals surface area contributed by atoms with Gasteiger partial charge in [0.1, 0.15) is 24.0 Å². The number of rotatable bonds is 4. The third-order valence-electron chi connectivity index (χ3n) is 2.38. The van der Waals surface area contributed by atoms with Crippen LogP contribution in [0.3, 0.4) is 0 Å². The number of hydrogen-bond donors (Lipinski definition) is 0. The van der Waals surface area contributed by atoms with Crippen LogP contribution in [0.1, 0.15) is 11.1 Å². The number of benzene rings is 2. The van der Waals surface area contributed by atoms with Gasteiger partial charge in [-0.05, 0) is 35.4 Å². The largest absolute Gasteiger partial charge is 0.489 e. The highest BCUT2D eigenvalue weighted by molar-refractivity contribution is 6.17. The van der Waals surface area contributed by atoms with E-state index in [1.54, 1.807) is 12.1 Å². The zero-order chi connectivity index (χ0) is 13.0. The van der Waals surface area contributed by atoms with Gasteiger partial charge in [0.15, 0.2) is 0 Å². The van der Waals surface area contributed by atoms with Gasteiger partial charge < -0.3 is 4.74 Å². The van der Waals surface area contributed by atoms with Crippen LogP contribution in [0.4, 0.5) is 8.78 Å². The van der Waals surface area contributed by atoms with Gasteiger partial charge in [-0.15, -0.1) is 11.6 Å². The molecule has 2 aromatic rings. The highest BCUT2D eigenvalue weighted by Crippen LogP contribution is 2.17. The van der Waals surface area contributed by atoms with Crippen LogP contribution >= 0.6 is 11.6 Å². The second-order valence-corrected chi connectivity index (χ2v) is 4.11. The summed E-state index contributed by atoms with van der Waals surface area (Å²) in [5.41, 5.74) is 1.38. The van der Waals surface area contributed by atoms with Crippen molar-refractivity contribution < 1.29 is 13.5 Å². The Morgan fingerprint density at radius 3 is 2.33 bits per heavy atom. The van der Waals surface area contributed by atoms with E-state index in [1.807, 2.05) is 12.1 Å². The zero-order valence-electron chi connectivity index (χ0n) is 9.50. The van der Waals surface area contributed by atoms with Gasteiger partial charge in [-0.3, -0.25) is 0 Å². The van der Waals surface area contributed by atoms with Gasteiger partial charge in [0.25, 0.3) is 0 Å². The van der Waals surface area contributed by atoms with Crippen LogP contribution in [0.5, 0.6) is 5.75 Å². The maximum atomic E-state index is 13.0. The summed E-state index contributed by atoms with van der Waals surface area (Å²) in [6.07, 6.45) is 0. The van der Waals surface area contributed by atoms with E-state index in [0.29, 0.717) is 17.2 Å². The third-order valence-corrected chi connectivity index (χ3v) is 2.69. The van der Waals surface area contributed by atoms with E-state index in [2.05, 4.69) is 0 Å². The molecule has 1 nitrogen and oxygen atoms in total. The average molecular weight is 269 g/mol. The van der Waals surface area contributed by atoms with Gasteiger partial charge in [0, 0.05) is 11.9 Å². The summed E-state index contributed by atoms with van der Waals surface area (Å²) in [6, 6.07) is 10.6. The predicted molar refractivity (Wildman–Crippen MR) is 66.7 cm³/mol. The predicted octanol–water partition coefficient (Wildman–Crippen LogP) is 4.28. The lowest BCUT2D eigenvalue weighted by atomic mass is 10.2. The smallest absolute Gasteiger partial charge is 0.126 e. The third kappa shape index (κ3) is 3.44. The Morgan fingerprint density at radius 2 is 1.67 bits per heavy atom. The summed E-state index contributed by atoms with van der Waals surface area (Å²) in [5.74, 6) is -0.199. The minimum Gasteiger partial charge on any atom is -0.489 e. The number of alkyl halides is 1. The molecule has 0 atom stereocenters. The fraction of sp³-hybridized carbons (Fsp3) is 0.143. The van der Waals surface area contributed by atoms with Crippen LogP contribution in [-0.2, 0) is 12.5 Å². The van der Waals surface area contributed by atoms with E-state index < -0.39 is 11.6 Å². The molecule has 0 unspecified atom stereocenters. The van der Waals surface area contributed by atoms with Gasteiger partial charge in [0.05, 0.1) is 0 Å². The van der Waals surface area contributed by atoms with Crippen molar-refractivity contribution in [2.45, 2.75) is 12.5 Å². The van der Waals surface area contributed by atoms with Crippen LogP contribution in [0, 0.1) is 11.6 Å². The molecule has 0 aromatic heterocycles. The highest BCUT2D eigenvalue weighted by Gasteiger charge is 2.02. The Labute approximate surface area is 109 Å². The molecule has 0 bridgehead atoms. The summed E-state index contributed by atoms with van der Waals surface area (Å²) in [6.45, 7) is 0.112. The Kier molecular flexibility index (Phi) is 4.15. The van der Waals surface area contributed by atoms with Crippen molar-refractivity contribution >= 4 is 11.6 Å². The summed E-state index contributed by atoms with van der Waals surface area (Å²) in [4.78, 5) is 0. The molecule has 0 fully saturated rings. The van der Waals surface area contributed by atoms with Gasteiger partial charge in [-0.1, -0.05) is 12.1 Å². The Hall–Kier alpha value is -1.61. The summed E-state index contributed by atoms with van der Waals surface area (Å²) < 4.78 is 31.4. The minimum absolute atomic E-state index is 0.112. The Morgan fingerprint density at radius 1 is 0.944 bits per heavy atom. The first kappa shape index (κ1) is 12.8. The normalized spacial score (nSPS) is 10.4. The lowest BCUT2D eigenvalue weighted by molar-refractivity contribution is 0.304. The zero-order valence-corrected chi connectivity index (χ0v) is 10.3. The van der Waals surface area contributed by atoms with E-state index in [4.69, 9.17) is 16.3 Å². The fourth-order valence-electron chi connectivity index (χ4n) is 1.58. The van der Waals surface area contributed by atoms with Crippen LogP contribution in [0.15, 0.2) is 42.5 Å². The van der Waals surface area contributed by atoms with Crippen molar-refractivity contribution in [3.8, 4) is 5.75 Å². The van der Waals surface area contributed by atoms with Crippen molar-refractivity contribution in [3.05, 3.63) is 65.2 Å². The number of halogens is 3. The summed E-state index contributed by atoms with van der Waals surface area (Å²) >= 11 is 5.70. The molecule has 2 rings (SSSR count). The molecule has 18 heavy (non-hydrogen) atoms. The Bertz CT molecular complexity index is 523. The molecule has 0 aliphatic carbocycles. The SMILES string of the molecule is Fc1cc(F)cc(COc2cccc(CCl)c2)c1. The topological polar surface area (TPSA) is 9.23 Å². The highest BCUT2D eigenvalue weighted by atomic mass is 35.5. The number of ether oxygens (including phenoxy) is 1. The van der Waals surface area contributed by atoms with E-state index >= 15 is 0 Å². The average Bonchev–Trinajstić information content (AvgIpc) is 2.35. The summed E-state index contributed by atoms with van der Waals surface area (Å²) in [7, 11) is 0. The lowest BCUT2D eigenvalue weighted by Gasteiger charge is -2.07. The molecular formula is C14H11ClF2O. The summed E-state index contributed by atoms with van der Waals surface area (Å²) in [5, 5.41) is 0. The molecule has 0 saturated heterocycles. The maximum absolute atomic E-state index is 13.0. The van der Waals surface area contributed by atoms with Crippen molar-refractivity contribution in [2.75, 3.05) is 0 Å². The molecule has 0 aliphatic rings. The maximum Gasteiger partial charge on any atom is 0.126 e. The minimum atomic E-state index is -0.608. The van der Waals surface area contributed by atoms with Gasteiger partial charge in [-0.25, -0.2) is 8.78 Å². The Balaban J connectivity index is 2.06. The van der Waals surface area contributed by atoms with Crippen molar-refractivity contribution in [2.24, 2.45) is 0 Å². The van der Waals surface area contributed by atoms with Crippen LogP contribution < -0.4 is 4.74 Å². The molecule has 0 heterocycles.